The predicted molar refractivity (Wildman–Crippen MR) is 44.4 cm³/mol. The van der Waals surface area contributed by atoms with E-state index in [4.69, 9.17) is 0 Å². The van der Waals surface area contributed by atoms with E-state index in [1.807, 2.05) is 0 Å². The van der Waals surface area contributed by atoms with E-state index in [9.17, 15) is 4.79 Å². The zero-order chi connectivity index (χ0) is 7.87. The van der Waals surface area contributed by atoms with Gasteiger partial charge in [-0.1, -0.05) is 0 Å². The van der Waals surface area contributed by atoms with E-state index in [2.05, 4.69) is 0 Å². The Bertz CT molecular complexity index is 270. The highest BCUT2D eigenvalue weighted by Crippen LogP contribution is 2.68. The number of carbonyl (C=O) groups is 1. The van der Waals surface area contributed by atoms with Crippen molar-refractivity contribution in [2.45, 2.75) is 25.7 Å². The van der Waals surface area contributed by atoms with Crippen LogP contribution in [0.2, 0.25) is 0 Å². The molecule has 1 heteroatoms. The zero-order valence-electron chi connectivity index (χ0n) is 7.20. The van der Waals surface area contributed by atoms with Gasteiger partial charge in [-0.25, -0.2) is 0 Å². The van der Waals surface area contributed by atoms with Gasteiger partial charge in [-0.05, 0) is 48.9 Å². The van der Waals surface area contributed by atoms with E-state index in [0.717, 1.165) is 36.0 Å². The van der Waals surface area contributed by atoms with Crippen LogP contribution in [0.5, 0.6) is 0 Å². The molecular formula is C11H14O. The van der Waals surface area contributed by atoms with Crippen LogP contribution < -0.4 is 0 Å². The van der Waals surface area contributed by atoms with Gasteiger partial charge >= 0.3 is 0 Å². The Hall–Kier alpha value is -0.330. The minimum atomic E-state index is 0.554. The third-order valence-corrected chi connectivity index (χ3v) is 5.19. The van der Waals surface area contributed by atoms with Gasteiger partial charge in [-0.3, -0.25) is 4.79 Å². The lowest BCUT2D eigenvalue weighted by molar-refractivity contribution is -0.121. The number of carbonyl (C=O) groups excluding carboxylic acids is 1. The maximum absolute atomic E-state index is 11.7. The first-order chi connectivity index (χ1) is 5.84. The van der Waals surface area contributed by atoms with Gasteiger partial charge in [-0.2, -0.15) is 0 Å². The van der Waals surface area contributed by atoms with Crippen molar-refractivity contribution in [3.8, 4) is 0 Å². The highest BCUT2D eigenvalue weighted by molar-refractivity contribution is 5.85. The minimum Gasteiger partial charge on any atom is -0.299 e. The van der Waals surface area contributed by atoms with Crippen LogP contribution in [0.3, 0.4) is 0 Å². The SMILES string of the molecule is O=C1CC2C3CC4CC(C3)C2C14. The number of Topliss-reactive ketones (excluding diaryl/α,β-unsaturated/α-hetero) is 1. The lowest BCUT2D eigenvalue weighted by Gasteiger charge is -2.29. The van der Waals surface area contributed by atoms with Crippen LogP contribution in [0.15, 0.2) is 0 Å². The Morgan fingerprint density at radius 1 is 1.00 bits per heavy atom. The molecule has 5 aliphatic carbocycles. The van der Waals surface area contributed by atoms with Gasteiger partial charge in [0, 0.05) is 12.3 Å². The average molecular weight is 162 g/mol. The average Bonchev–Trinajstić information content (AvgIpc) is 2.56. The van der Waals surface area contributed by atoms with Crippen LogP contribution in [0.1, 0.15) is 25.7 Å². The van der Waals surface area contributed by atoms with E-state index in [1.54, 1.807) is 0 Å². The molecule has 0 amide bonds. The summed E-state index contributed by atoms with van der Waals surface area (Å²) in [5.41, 5.74) is 0. The first kappa shape index (κ1) is 6.17. The van der Waals surface area contributed by atoms with Crippen LogP contribution in [-0.4, -0.2) is 5.78 Å². The molecule has 0 N–H and O–H groups in total. The summed E-state index contributed by atoms with van der Waals surface area (Å²) in [4.78, 5) is 11.7. The predicted octanol–water partition coefficient (Wildman–Crippen LogP) is 1.87. The number of hydrogen-bond donors (Lipinski definition) is 0. The van der Waals surface area contributed by atoms with Crippen molar-refractivity contribution in [2.75, 3.05) is 0 Å². The summed E-state index contributed by atoms with van der Waals surface area (Å²) in [5, 5.41) is 0. The molecule has 0 spiro atoms. The highest BCUT2D eigenvalue weighted by atomic mass is 16.1. The van der Waals surface area contributed by atoms with Crippen molar-refractivity contribution in [2.24, 2.45) is 35.5 Å². The molecule has 5 saturated carbocycles. The van der Waals surface area contributed by atoms with Crippen LogP contribution in [0, 0.1) is 35.5 Å². The Morgan fingerprint density at radius 2 is 1.75 bits per heavy atom. The molecule has 6 atom stereocenters. The summed E-state index contributed by atoms with van der Waals surface area (Å²) in [6.07, 6.45) is 5.27. The lowest BCUT2D eigenvalue weighted by Crippen LogP contribution is -2.25. The topological polar surface area (TPSA) is 17.1 Å². The molecular weight excluding hydrogens is 148 g/mol. The fraction of sp³-hybridized carbons (Fsp3) is 0.909. The second-order valence-corrected chi connectivity index (χ2v) is 5.42. The lowest BCUT2D eigenvalue weighted by atomic mass is 9.75. The van der Waals surface area contributed by atoms with Gasteiger partial charge in [0.2, 0.25) is 0 Å². The maximum atomic E-state index is 11.7. The summed E-state index contributed by atoms with van der Waals surface area (Å²) in [7, 11) is 0. The molecule has 6 unspecified atom stereocenters. The molecule has 5 fully saturated rings. The second kappa shape index (κ2) is 1.64. The van der Waals surface area contributed by atoms with Crippen molar-refractivity contribution in [1.29, 1.82) is 0 Å². The fourth-order valence-corrected chi connectivity index (χ4v) is 5.10. The fourth-order valence-electron chi connectivity index (χ4n) is 5.10. The summed E-state index contributed by atoms with van der Waals surface area (Å²) >= 11 is 0. The van der Waals surface area contributed by atoms with Crippen LogP contribution in [0.25, 0.3) is 0 Å². The van der Waals surface area contributed by atoms with Gasteiger partial charge < -0.3 is 0 Å². The van der Waals surface area contributed by atoms with E-state index in [0.29, 0.717) is 11.7 Å². The van der Waals surface area contributed by atoms with E-state index in [1.165, 1.54) is 19.3 Å². The molecule has 0 aromatic heterocycles. The van der Waals surface area contributed by atoms with Crippen molar-refractivity contribution in [3.05, 3.63) is 0 Å². The van der Waals surface area contributed by atoms with Gasteiger partial charge in [0.25, 0.3) is 0 Å². The molecule has 5 aliphatic rings. The Labute approximate surface area is 72.5 Å². The molecule has 0 aliphatic heterocycles. The number of ketones is 1. The van der Waals surface area contributed by atoms with Crippen LogP contribution in [0.4, 0.5) is 0 Å². The van der Waals surface area contributed by atoms with Gasteiger partial charge in [-0.15, -0.1) is 0 Å². The normalized spacial score (nSPS) is 65.2. The van der Waals surface area contributed by atoms with Gasteiger partial charge in [0.15, 0.2) is 0 Å². The molecule has 1 nitrogen and oxygen atoms in total. The summed E-state index contributed by atoms with van der Waals surface area (Å²) in [6.45, 7) is 0. The Kier molecular flexibility index (Phi) is 0.843. The van der Waals surface area contributed by atoms with Crippen molar-refractivity contribution < 1.29 is 4.79 Å². The maximum Gasteiger partial charge on any atom is 0.136 e. The van der Waals surface area contributed by atoms with Crippen molar-refractivity contribution in [1.82, 2.24) is 0 Å². The van der Waals surface area contributed by atoms with E-state index in [-0.39, 0.29) is 0 Å². The molecule has 12 heavy (non-hydrogen) atoms. The number of rotatable bonds is 0. The summed E-state index contributed by atoms with van der Waals surface area (Å²) in [5.74, 6) is 5.72. The molecule has 0 heterocycles. The Balaban J connectivity index is 1.92. The van der Waals surface area contributed by atoms with E-state index < -0.39 is 0 Å². The van der Waals surface area contributed by atoms with Gasteiger partial charge in [0.1, 0.15) is 5.78 Å². The molecule has 0 aromatic carbocycles. The zero-order valence-corrected chi connectivity index (χ0v) is 7.20. The molecule has 5 rings (SSSR count). The first-order valence-electron chi connectivity index (χ1n) is 5.37. The molecule has 64 valence electrons. The van der Waals surface area contributed by atoms with Gasteiger partial charge in [0.05, 0.1) is 0 Å². The van der Waals surface area contributed by atoms with Crippen molar-refractivity contribution >= 4 is 5.78 Å². The molecule has 6 bridgehead atoms. The smallest absolute Gasteiger partial charge is 0.136 e. The molecule has 0 saturated heterocycles. The molecule has 0 radical (unpaired) electrons. The molecule has 0 aromatic rings. The summed E-state index contributed by atoms with van der Waals surface area (Å²) < 4.78 is 0. The largest absolute Gasteiger partial charge is 0.299 e. The monoisotopic (exact) mass is 162 g/mol. The minimum absolute atomic E-state index is 0.554. The number of hydrogen-bond acceptors (Lipinski definition) is 1. The van der Waals surface area contributed by atoms with Crippen LogP contribution in [-0.2, 0) is 4.79 Å². The third kappa shape index (κ3) is 0.462. The Morgan fingerprint density at radius 3 is 2.67 bits per heavy atom. The third-order valence-electron chi connectivity index (χ3n) is 5.19. The summed E-state index contributed by atoms with van der Waals surface area (Å²) in [6, 6.07) is 0. The van der Waals surface area contributed by atoms with Crippen LogP contribution >= 0.6 is 0 Å². The highest BCUT2D eigenvalue weighted by Gasteiger charge is 2.64. The van der Waals surface area contributed by atoms with Crippen molar-refractivity contribution in [3.63, 3.8) is 0 Å². The van der Waals surface area contributed by atoms with E-state index >= 15 is 0 Å². The quantitative estimate of drug-likeness (QED) is 0.531. The standard InChI is InChI=1S/C11H14O/c12-9-4-8-5-1-6-3-7(2-5)11(9)10(6)8/h5-8,10-11H,1-4H2. The first-order valence-corrected chi connectivity index (χ1v) is 5.37. The second-order valence-electron chi connectivity index (χ2n) is 5.42.